The maximum absolute atomic E-state index is 12.9. The summed E-state index contributed by atoms with van der Waals surface area (Å²) in [5.74, 6) is 1.26. The van der Waals surface area contributed by atoms with Crippen LogP contribution in [0.15, 0.2) is 70.0 Å². The average molecular weight is 609 g/mol. The summed E-state index contributed by atoms with van der Waals surface area (Å²) in [6.07, 6.45) is 1.65. The van der Waals surface area contributed by atoms with Gasteiger partial charge in [0.15, 0.2) is 11.5 Å². The van der Waals surface area contributed by atoms with Crippen LogP contribution < -0.4 is 14.2 Å². The first-order chi connectivity index (χ1) is 17.4. The zero-order chi connectivity index (χ0) is 25.7. The molecule has 0 saturated carbocycles. The minimum absolute atomic E-state index is 0.154. The third-order valence-corrected chi connectivity index (χ3v) is 7.35. The minimum atomic E-state index is -0.370. The van der Waals surface area contributed by atoms with Crippen LogP contribution in [0.5, 0.6) is 17.2 Å². The van der Waals surface area contributed by atoms with Crippen molar-refractivity contribution in [2.75, 3.05) is 20.3 Å². The monoisotopic (exact) mass is 607 g/mol. The fourth-order valence-corrected chi connectivity index (χ4v) is 5.09. The number of benzene rings is 3. The number of rotatable bonds is 9. The summed E-state index contributed by atoms with van der Waals surface area (Å²) in [6, 6.07) is 17.9. The van der Waals surface area contributed by atoms with E-state index in [0.717, 1.165) is 17.3 Å². The molecular weight excluding hydrogens is 589 g/mol. The van der Waals surface area contributed by atoms with Gasteiger partial charge in [-0.1, -0.05) is 63.4 Å². The van der Waals surface area contributed by atoms with E-state index in [1.54, 1.807) is 36.4 Å². The molecule has 0 aliphatic carbocycles. The molecule has 186 valence electrons. The number of hydrogen-bond donors (Lipinski definition) is 0. The Balaban J connectivity index is 1.45. The van der Waals surface area contributed by atoms with Crippen LogP contribution in [0.2, 0.25) is 10.0 Å². The lowest BCUT2D eigenvalue weighted by Gasteiger charge is -2.14. The van der Waals surface area contributed by atoms with Gasteiger partial charge in [-0.25, -0.2) is 0 Å². The van der Waals surface area contributed by atoms with E-state index in [0.29, 0.717) is 42.2 Å². The van der Waals surface area contributed by atoms with Crippen molar-refractivity contribution < 1.29 is 23.8 Å². The number of carbonyl (C=O) groups excluding carboxylic acids is 2. The molecule has 3 aromatic rings. The number of halogens is 3. The highest BCUT2D eigenvalue weighted by Gasteiger charge is 2.35. The molecule has 0 unspecified atom stereocenters. The first kappa shape index (κ1) is 26.4. The summed E-state index contributed by atoms with van der Waals surface area (Å²) >= 11 is 16.6. The first-order valence-electron chi connectivity index (χ1n) is 10.7. The van der Waals surface area contributed by atoms with E-state index in [2.05, 4.69) is 15.9 Å². The van der Waals surface area contributed by atoms with Gasteiger partial charge in [-0.3, -0.25) is 14.5 Å². The highest BCUT2D eigenvalue weighted by atomic mass is 79.9. The lowest BCUT2D eigenvalue weighted by atomic mass is 10.1. The fourth-order valence-electron chi connectivity index (χ4n) is 3.33. The Morgan fingerprint density at radius 2 is 1.78 bits per heavy atom. The topological polar surface area (TPSA) is 65.1 Å². The van der Waals surface area contributed by atoms with E-state index in [4.69, 9.17) is 37.4 Å². The number of methoxy groups -OCH3 is 1. The largest absolute Gasteiger partial charge is 0.493 e. The molecule has 1 aliphatic rings. The van der Waals surface area contributed by atoms with E-state index in [1.165, 1.54) is 12.0 Å². The Hall–Kier alpha value is -2.65. The Morgan fingerprint density at radius 1 is 1.00 bits per heavy atom. The van der Waals surface area contributed by atoms with Crippen molar-refractivity contribution in [2.24, 2.45) is 0 Å². The summed E-state index contributed by atoms with van der Waals surface area (Å²) in [6.45, 7) is 0.569. The van der Waals surface area contributed by atoms with Crippen molar-refractivity contribution in [2.45, 2.75) is 6.61 Å². The maximum Gasteiger partial charge on any atom is 0.293 e. The number of nitrogens with zero attached hydrogens (tertiary/aromatic N) is 1. The highest BCUT2D eigenvalue weighted by molar-refractivity contribution is 9.10. The molecule has 36 heavy (non-hydrogen) atoms. The zero-order valence-electron chi connectivity index (χ0n) is 19.0. The number of imide groups is 1. The standard InChI is InChI=1S/C26H20BrCl2NO5S/c1-33-22-11-17(20(27)14-23(22)35-15-16-7-8-18(28)13-21(16)29)12-24-25(31)30(26(32)36-24)9-10-34-19-5-3-2-4-6-19/h2-8,11-14H,9-10,15H2,1H3/b24-12-. The second-order valence-electron chi connectivity index (χ2n) is 7.54. The molecule has 1 fully saturated rings. The van der Waals surface area contributed by atoms with Crippen molar-refractivity contribution in [1.29, 1.82) is 0 Å². The second kappa shape index (κ2) is 12.1. The van der Waals surface area contributed by atoms with Gasteiger partial charge in [0.2, 0.25) is 0 Å². The van der Waals surface area contributed by atoms with Crippen molar-refractivity contribution in [3.05, 3.63) is 91.2 Å². The number of thioether (sulfide) groups is 1. The number of hydrogen-bond acceptors (Lipinski definition) is 6. The minimum Gasteiger partial charge on any atom is -0.493 e. The quantitative estimate of drug-likeness (QED) is 0.235. The Kier molecular flexibility index (Phi) is 8.85. The molecule has 0 atom stereocenters. The number of ether oxygens (including phenoxy) is 3. The average Bonchev–Trinajstić information content (AvgIpc) is 3.13. The molecule has 0 bridgehead atoms. The van der Waals surface area contributed by atoms with E-state index >= 15 is 0 Å². The highest BCUT2D eigenvalue weighted by Crippen LogP contribution is 2.38. The summed E-state index contributed by atoms with van der Waals surface area (Å²) in [5, 5.41) is 0.703. The van der Waals surface area contributed by atoms with Crippen LogP contribution in [0.25, 0.3) is 6.08 Å². The predicted molar refractivity (Wildman–Crippen MR) is 146 cm³/mol. The molecule has 10 heteroatoms. The molecular formula is C26H20BrCl2NO5S. The van der Waals surface area contributed by atoms with Crippen LogP contribution in [-0.2, 0) is 11.4 Å². The van der Waals surface area contributed by atoms with E-state index < -0.39 is 0 Å². The number of para-hydroxylation sites is 1. The van der Waals surface area contributed by atoms with Gasteiger partial charge in [-0.05, 0) is 59.8 Å². The van der Waals surface area contributed by atoms with Gasteiger partial charge in [-0.2, -0.15) is 0 Å². The Bertz CT molecular complexity index is 1320. The maximum atomic E-state index is 12.9. The normalized spacial score (nSPS) is 14.4. The summed E-state index contributed by atoms with van der Waals surface area (Å²) in [7, 11) is 1.52. The van der Waals surface area contributed by atoms with Gasteiger partial charge in [0.05, 0.1) is 18.6 Å². The van der Waals surface area contributed by atoms with Crippen LogP contribution in [0, 0.1) is 0 Å². The van der Waals surface area contributed by atoms with Crippen molar-refractivity contribution in [1.82, 2.24) is 4.90 Å². The van der Waals surface area contributed by atoms with Crippen molar-refractivity contribution in [3.8, 4) is 17.2 Å². The molecule has 4 rings (SSSR count). The molecule has 1 saturated heterocycles. The number of amides is 2. The smallest absolute Gasteiger partial charge is 0.293 e. The number of carbonyl (C=O) groups is 2. The van der Waals surface area contributed by atoms with Gasteiger partial charge in [0, 0.05) is 20.1 Å². The fraction of sp³-hybridized carbons (Fsp3) is 0.154. The first-order valence-corrected chi connectivity index (χ1v) is 13.1. The Morgan fingerprint density at radius 3 is 2.50 bits per heavy atom. The molecule has 0 aromatic heterocycles. The molecule has 3 aromatic carbocycles. The van der Waals surface area contributed by atoms with Gasteiger partial charge in [0.25, 0.3) is 11.1 Å². The third kappa shape index (κ3) is 6.37. The summed E-state index contributed by atoms with van der Waals surface area (Å²) < 4.78 is 17.7. The Labute approximate surface area is 231 Å². The molecule has 0 N–H and O–H groups in total. The molecule has 1 aliphatic heterocycles. The van der Waals surface area contributed by atoms with Gasteiger partial charge >= 0.3 is 0 Å². The SMILES string of the molecule is COc1cc(/C=C2\SC(=O)N(CCOc3ccccc3)C2=O)c(Br)cc1OCc1ccc(Cl)cc1Cl. The summed E-state index contributed by atoms with van der Waals surface area (Å²) in [4.78, 5) is 26.8. The van der Waals surface area contributed by atoms with Gasteiger partial charge < -0.3 is 14.2 Å². The second-order valence-corrected chi connectivity index (χ2v) is 10.2. The molecule has 0 radical (unpaired) electrons. The summed E-state index contributed by atoms with van der Waals surface area (Å²) in [5.41, 5.74) is 1.43. The van der Waals surface area contributed by atoms with Crippen LogP contribution in [0.3, 0.4) is 0 Å². The van der Waals surface area contributed by atoms with Gasteiger partial charge in [0.1, 0.15) is 19.0 Å². The van der Waals surface area contributed by atoms with E-state index in [9.17, 15) is 9.59 Å². The van der Waals surface area contributed by atoms with E-state index in [1.807, 2.05) is 30.3 Å². The van der Waals surface area contributed by atoms with Crippen LogP contribution >= 0.6 is 50.9 Å². The van der Waals surface area contributed by atoms with Crippen LogP contribution in [-0.4, -0.2) is 36.3 Å². The lowest BCUT2D eigenvalue weighted by Crippen LogP contribution is -2.32. The van der Waals surface area contributed by atoms with Crippen molar-refractivity contribution in [3.63, 3.8) is 0 Å². The van der Waals surface area contributed by atoms with E-state index in [-0.39, 0.29) is 30.9 Å². The van der Waals surface area contributed by atoms with Crippen LogP contribution in [0.1, 0.15) is 11.1 Å². The lowest BCUT2D eigenvalue weighted by molar-refractivity contribution is -0.123. The predicted octanol–water partition coefficient (Wildman–Crippen LogP) is 7.46. The van der Waals surface area contributed by atoms with Crippen LogP contribution in [0.4, 0.5) is 4.79 Å². The molecule has 0 spiro atoms. The zero-order valence-corrected chi connectivity index (χ0v) is 22.9. The van der Waals surface area contributed by atoms with Gasteiger partial charge in [-0.15, -0.1) is 0 Å². The van der Waals surface area contributed by atoms with Crippen molar-refractivity contribution >= 4 is 68.1 Å². The molecule has 1 heterocycles. The third-order valence-electron chi connectivity index (χ3n) is 5.17. The molecule has 6 nitrogen and oxygen atoms in total. The molecule has 2 amide bonds.